The molecule has 1 fully saturated rings. The molecule has 0 spiro atoms. The van der Waals surface area contributed by atoms with E-state index >= 15 is 0 Å². The van der Waals surface area contributed by atoms with E-state index in [9.17, 15) is 14.7 Å². The minimum atomic E-state index is -0.704. The molecule has 1 aliphatic heterocycles. The molecule has 1 aliphatic rings. The second-order valence-corrected chi connectivity index (χ2v) is 9.61. The molecule has 1 amide bonds. The van der Waals surface area contributed by atoms with Crippen molar-refractivity contribution < 1.29 is 24.2 Å². The molecule has 0 saturated carbocycles. The van der Waals surface area contributed by atoms with Gasteiger partial charge in [-0.2, -0.15) is 0 Å². The Hall–Kier alpha value is -3.32. The van der Waals surface area contributed by atoms with Crippen LogP contribution >= 0.6 is 0 Å². The van der Waals surface area contributed by atoms with Crippen LogP contribution < -0.4 is 9.47 Å². The summed E-state index contributed by atoms with van der Waals surface area (Å²) in [5, 5.41) is 11.3. The zero-order valence-corrected chi connectivity index (χ0v) is 21.5. The number of aryl methyl sites for hydroxylation is 1. The minimum Gasteiger partial charge on any atom is -0.507 e. The van der Waals surface area contributed by atoms with Gasteiger partial charge in [-0.15, -0.1) is 0 Å². The summed E-state index contributed by atoms with van der Waals surface area (Å²) in [6.45, 7) is 7.79. The number of likely N-dealkylation sites (tertiary alicyclic amines) is 1. The highest BCUT2D eigenvalue weighted by molar-refractivity contribution is 6.46. The molecule has 1 atom stereocenters. The van der Waals surface area contributed by atoms with E-state index in [0.29, 0.717) is 42.4 Å². The van der Waals surface area contributed by atoms with Crippen LogP contribution in [0.25, 0.3) is 5.76 Å². The first-order chi connectivity index (χ1) is 16.6. The second-order valence-electron chi connectivity index (χ2n) is 9.61. The van der Waals surface area contributed by atoms with Gasteiger partial charge in [0, 0.05) is 12.1 Å². The number of ether oxygens (including phenoxy) is 2. The molecular weight excluding hydrogens is 444 g/mol. The fourth-order valence-electron chi connectivity index (χ4n) is 4.20. The molecule has 0 aliphatic carbocycles. The number of carbonyl (C=O) groups is 2. The molecule has 7 heteroatoms. The number of Topliss-reactive ketones (excluding diaryl/α,β-unsaturated/α-hetero) is 1. The lowest BCUT2D eigenvalue weighted by Gasteiger charge is -2.26. The average Bonchev–Trinajstić information content (AvgIpc) is 3.07. The molecule has 1 unspecified atom stereocenters. The number of hydrogen-bond acceptors (Lipinski definition) is 6. The molecule has 1 heterocycles. The zero-order valence-electron chi connectivity index (χ0n) is 21.5. The lowest BCUT2D eigenvalue weighted by molar-refractivity contribution is -0.139. The lowest BCUT2D eigenvalue weighted by Crippen LogP contribution is -2.32. The molecular formula is C28H36N2O5. The lowest BCUT2D eigenvalue weighted by atomic mass is 9.94. The predicted molar refractivity (Wildman–Crippen MR) is 137 cm³/mol. The number of ketones is 1. The Labute approximate surface area is 207 Å². The highest BCUT2D eigenvalue weighted by Crippen LogP contribution is 2.40. The van der Waals surface area contributed by atoms with Crippen molar-refractivity contribution in [3.63, 3.8) is 0 Å². The number of carbonyl (C=O) groups excluding carboxylic acids is 2. The molecule has 0 bridgehead atoms. The zero-order chi connectivity index (χ0) is 25.7. The molecule has 7 nitrogen and oxygen atoms in total. The Morgan fingerprint density at radius 1 is 1.14 bits per heavy atom. The summed E-state index contributed by atoms with van der Waals surface area (Å²) in [7, 11) is 5.49. The van der Waals surface area contributed by atoms with Crippen LogP contribution in [0.5, 0.6) is 11.5 Å². The van der Waals surface area contributed by atoms with Gasteiger partial charge in [0.1, 0.15) is 17.3 Å². The van der Waals surface area contributed by atoms with Crippen molar-refractivity contribution in [2.45, 2.75) is 33.2 Å². The van der Waals surface area contributed by atoms with Crippen molar-refractivity contribution in [2.24, 2.45) is 5.92 Å². The van der Waals surface area contributed by atoms with Gasteiger partial charge in [-0.05, 0) is 81.4 Å². The number of methoxy groups -OCH3 is 1. The Kier molecular flexibility index (Phi) is 8.57. The molecule has 35 heavy (non-hydrogen) atoms. The number of amides is 1. The van der Waals surface area contributed by atoms with Crippen LogP contribution in [0.4, 0.5) is 0 Å². The summed E-state index contributed by atoms with van der Waals surface area (Å²) < 4.78 is 11.2. The maximum atomic E-state index is 13.2. The smallest absolute Gasteiger partial charge is 0.295 e. The van der Waals surface area contributed by atoms with Crippen LogP contribution in [0.15, 0.2) is 48.0 Å². The number of nitrogens with zero attached hydrogens (tertiary/aromatic N) is 2. The van der Waals surface area contributed by atoms with Crippen molar-refractivity contribution in [1.29, 1.82) is 0 Å². The first-order valence-electron chi connectivity index (χ1n) is 11.9. The summed E-state index contributed by atoms with van der Waals surface area (Å²) in [6.07, 6.45) is 0.696. The maximum absolute atomic E-state index is 13.2. The summed E-state index contributed by atoms with van der Waals surface area (Å²) >= 11 is 0. The third-order valence-electron chi connectivity index (χ3n) is 5.97. The third-order valence-corrected chi connectivity index (χ3v) is 5.97. The predicted octanol–water partition coefficient (Wildman–Crippen LogP) is 4.41. The number of aliphatic hydroxyl groups is 1. The summed E-state index contributed by atoms with van der Waals surface area (Å²) in [6, 6.07) is 11.9. The third kappa shape index (κ3) is 6.03. The van der Waals surface area contributed by atoms with Gasteiger partial charge >= 0.3 is 0 Å². The summed E-state index contributed by atoms with van der Waals surface area (Å²) in [5.41, 5.74) is 2.11. The molecule has 0 aromatic heterocycles. The minimum absolute atomic E-state index is 0.0864. The molecule has 0 radical (unpaired) electrons. The SMILES string of the molecule is COc1cccc(C2/C(=C(/O)c3ccc(OCC(C)C)c(C)c3)C(=O)C(=O)N2CCCN(C)C)c1. The molecule has 2 aromatic rings. The van der Waals surface area contributed by atoms with E-state index in [4.69, 9.17) is 9.47 Å². The highest BCUT2D eigenvalue weighted by atomic mass is 16.5. The van der Waals surface area contributed by atoms with Crippen molar-refractivity contribution in [3.05, 3.63) is 64.7 Å². The largest absolute Gasteiger partial charge is 0.507 e. The van der Waals surface area contributed by atoms with Crippen molar-refractivity contribution in [2.75, 3.05) is 40.9 Å². The van der Waals surface area contributed by atoms with E-state index in [1.54, 1.807) is 42.3 Å². The number of hydrogen-bond donors (Lipinski definition) is 1. The topological polar surface area (TPSA) is 79.3 Å². The number of benzene rings is 2. The fourth-order valence-corrected chi connectivity index (χ4v) is 4.20. The summed E-state index contributed by atoms with van der Waals surface area (Å²) in [5.74, 6) is 0.246. The Bertz CT molecular complexity index is 1110. The van der Waals surface area contributed by atoms with Crippen LogP contribution in [0.3, 0.4) is 0 Å². The maximum Gasteiger partial charge on any atom is 0.295 e. The first kappa shape index (κ1) is 26.3. The van der Waals surface area contributed by atoms with Crippen molar-refractivity contribution in [3.8, 4) is 11.5 Å². The van der Waals surface area contributed by atoms with Gasteiger partial charge in [0.05, 0.1) is 25.3 Å². The normalized spacial score (nSPS) is 17.5. The van der Waals surface area contributed by atoms with Gasteiger partial charge in [0.25, 0.3) is 11.7 Å². The fraction of sp³-hybridized carbons (Fsp3) is 0.429. The Morgan fingerprint density at radius 3 is 2.51 bits per heavy atom. The van der Waals surface area contributed by atoms with Crippen molar-refractivity contribution in [1.82, 2.24) is 9.80 Å². The molecule has 188 valence electrons. The quantitative estimate of drug-likeness (QED) is 0.308. The van der Waals surface area contributed by atoms with E-state index in [2.05, 4.69) is 13.8 Å². The van der Waals surface area contributed by atoms with E-state index in [1.165, 1.54) is 0 Å². The van der Waals surface area contributed by atoms with Gasteiger partial charge in [0.15, 0.2) is 0 Å². The van der Waals surface area contributed by atoms with E-state index in [-0.39, 0.29) is 11.3 Å². The van der Waals surface area contributed by atoms with Gasteiger partial charge in [-0.1, -0.05) is 26.0 Å². The van der Waals surface area contributed by atoms with Crippen LogP contribution in [-0.2, 0) is 9.59 Å². The molecule has 1 saturated heterocycles. The van der Waals surface area contributed by atoms with Crippen LogP contribution in [0, 0.1) is 12.8 Å². The standard InChI is InChI=1S/C28H36N2O5/c1-18(2)17-35-23-12-11-21(15-19(23)3)26(31)24-25(20-9-7-10-22(16-20)34-6)30(28(33)27(24)32)14-8-13-29(4)5/h7,9-12,15-16,18,25,31H,8,13-14,17H2,1-6H3/b26-24-. The molecule has 1 N–H and O–H groups in total. The second kappa shape index (κ2) is 11.4. The van der Waals surface area contributed by atoms with Crippen molar-refractivity contribution >= 4 is 17.4 Å². The first-order valence-corrected chi connectivity index (χ1v) is 11.9. The van der Waals surface area contributed by atoms with Gasteiger partial charge in [-0.3, -0.25) is 9.59 Å². The van der Waals surface area contributed by atoms with E-state index < -0.39 is 17.7 Å². The molecule has 3 rings (SSSR count). The Morgan fingerprint density at radius 2 is 1.89 bits per heavy atom. The van der Waals surface area contributed by atoms with Crippen LogP contribution in [0.1, 0.15) is 43.0 Å². The van der Waals surface area contributed by atoms with Gasteiger partial charge in [-0.25, -0.2) is 0 Å². The van der Waals surface area contributed by atoms with Gasteiger partial charge < -0.3 is 24.4 Å². The monoisotopic (exact) mass is 480 g/mol. The van der Waals surface area contributed by atoms with E-state index in [1.807, 2.05) is 38.1 Å². The van der Waals surface area contributed by atoms with Crippen LogP contribution in [0.2, 0.25) is 0 Å². The number of aliphatic hydroxyl groups excluding tert-OH is 1. The van der Waals surface area contributed by atoms with Crippen LogP contribution in [-0.4, -0.2) is 67.5 Å². The Balaban J connectivity index is 2.06. The highest BCUT2D eigenvalue weighted by Gasteiger charge is 2.45. The van der Waals surface area contributed by atoms with Gasteiger partial charge in [0.2, 0.25) is 0 Å². The van der Waals surface area contributed by atoms with E-state index in [0.717, 1.165) is 17.9 Å². The molecule has 2 aromatic carbocycles. The average molecular weight is 481 g/mol. The summed E-state index contributed by atoms with van der Waals surface area (Å²) in [4.78, 5) is 29.9. The number of rotatable bonds is 10.